The predicted octanol–water partition coefficient (Wildman–Crippen LogP) is -1.29. The maximum absolute atomic E-state index is 10.5. The lowest BCUT2D eigenvalue weighted by Crippen LogP contribution is -2.36. The van der Waals surface area contributed by atoms with Gasteiger partial charge >= 0.3 is 0 Å². The Hall–Kier alpha value is -1.87. The molecular weight excluding hydrogens is 258 g/mol. The van der Waals surface area contributed by atoms with Crippen molar-refractivity contribution in [3.8, 4) is 11.4 Å². The van der Waals surface area contributed by atoms with Gasteiger partial charge in [-0.15, -0.1) is 10.2 Å². The Morgan fingerprint density at radius 2 is 2.06 bits per heavy atom. The largest absolute Gasteiger partial charge is 0.748 e. The van der Waals surface area contributed by atoms with Crippen LogP contribution in [0.15, 0.2) is 24.5 Å². The van der Waals surface area contributed by atoms with Crippen LogP contribution in [0.2, 0.25) is 0 Å². The fraction of sp³-hybridized carbons (Fsp3) is 0.333. The third-order valence-electron chi connectivity index (χ3n) is 2.26. The summed E-state index contributed by atoms with van der Waals surface area (Å²) in [6.45, 7) is 0.125. The van der Waals surface area contributed by atoms with Crippen molar-refractivity contribution in [3.63, 3.8) is 0 Å². The molecule has 0 atom stereocenters. The van der Waals surface area contributed by atoms with Crippen LogP contribution in [0.3, 0.4) is 0 Å². The van der Waals surface area contributed by atoms with Gasteiger partial charge in [0.1, 0.15) is 10.1 Å². The molecule has 0 aromatic carbocycles. The monoisotopic (exact) mass is 269 g/mol. The van der Waals surface area contributed by atoms with Crippen molar-refractivity contribution in [2.24, 2.45) is 7.05 Å². The van der Waals surface area contributed by atoms with Gasteiger partial charge in [0.15, 0.2) is 18.9 Å². The Kier molecular flexibility index (Phi) is 3.34. The highest BCUT2D eigenvalue weighted by Crippen LogP contribution is 2.09. The van der Waals surface area contributed by atoms with Crippen molar-refractivity contribution >= 4 is 10.1 Å². The summed E-state index contributed by atoms with van der Waals surface area (Å²) in [5.41, 5.74) is 0.768. The molecule has 0 saturated carbocycles. The maximum Gasteiger partial charge on any atom is 0.205 e. The first kappa shape index (κ1) is 12.6. The number of rotatable bonds is 4. The number of hydrogen-bond acceptors (Lipinski definition) is 6. The molecule has 0 amide bonds. The van der Waals surface area contributed by atoms with Gasteiger partial charge < -0.3 is 4.55 Å². The van der Waals surface area contributed by atoms with Crippen LogP contribution in [0.5, 0.6) is 0 Å². The molecule has 18 heavy (non-hydrogen) atoms. The normalized spacial score (nSPS) is 11.7. The Morgan fingerprint density at radius 1 is 1.39 bits per heavy atom. The van der Waals surface area contributed by atoms with Crippen molar-refractivity contribution in [1.29, 1.82) is 0 Å². The molecule has 2 heterocycles. The van der Waals surface area contributed by atoms with E-state index in [0.29, 0.717) is 5.82 Å². The van der Waals surface area contributed by atoms with Crippen LogP contribution >= 0.6 is 0 Å². The highest BCUT2D eigenvalue weighted by molar-refractivity contribution is 7.85. The van der Waals surface area contributed by atoms with E-state index in [1.807, 2.05) is 0 Å². The third-order valence-corrected chi connectivity index (χ3v) is 2.94. The second kappa shape index (κ2) is 4.78. The highest BCUT2D eigenvalue weighted by atomic mass is 32.2. The molecule has 0 aliphatic carbocycles. The zero-order chi connectivity index (χ0) is 13.2. The molecule has 9 heteroatoms. The molecule has 0 radical (unpaired) electrons. The summed E-state index contributed by atoms with van der Waals surface area (Å²) in [5, 5.41) is 11.6. The minimum atomic E-state index is -4.19. The fourth-order valence-electron chi connectivity index (χ4n) is 1.37. The molecule has 8 nitrogen and oxygen atoms in total. The minimum absolute atomic E-state index is 0.125. The summed E-state index contributed by atoms with van der Waals surface area (Å²) in [6.07, 6.45) is 3.33. The molecule has 96 valence electrons. The van der Waals surface area contributed by atoms with Gasteiger partial charge in [-0.1, -0.05) is 0 Å². The van der Waals surface area contributed by atoms with Crippen molar-refractivity contribution in [3.05, 3.63) is 24.5 Å². The molecule has 0 aliphatic heterocycles. The van der Waals surface area contributed by atoms with Gasteiger partial charge in [0.05, 0.1) is 12.8 Å². The number of tetrazole rings is 1. The SMILES string of the molecule is Cn1nnc(-c2cc[n+](CCS(=O)(=O)[O-])cc2)n1. The fourth-order valence-corrected chi connectivity index (χ4v) is 1.81. The average molecular weight is 269 g/mol. The third kappa shape index (κ3) is 3.31. The standard InChI is InChI=1S/C9H11N5O3S/c1-13-11-9(10-12-13)8-2-4-14(5-3-8)6-7-18(15,16)17/h2-5H,6-7H2,1H3. The minimum Gasteiger partial charge on any atom is -0.748 e. The van der Waals surface area contributed by atoms with Crippen LogP contribution in [0.4, 0.5) is 0 Å². The van der Waals surface area contributed by atoms with E-state index >= 15 is 0 Å². The molecule has 0 unspecified atom stereocenters. The van der Waals surface area contributed by atoms with Crippen LogP contribution in [0.25, 0.3) is 11.4 Å². The zero-order valence-electron chi connectivity index (χ0n) is 9.59. The zero-order valence-corrected chi connectivity index (χ0v) is 10.4. The molecule has 2 aromatic heterocycles. The Bertz CT molecular complexity index is 634. The first-order valence-electron chi connectivity index (χ1n) is 5.11. The molecule has 2 aromatic rings. The maximum atomic E-state index is 10.5. The van der Waals surface area contributed by atoms with Gasteiger partial charge in [0.2, 0.25) is 5.82 Å². The van der Waals surface area contributed by atoms with Crippen LogP contribution in [0, 0.1) is 0 Å². The van der Waals surface area contributed by atoms with E-state index in [0.717, 1.165) is 5.56 Å². The van der Waals surface area contributed by atoms with Crippen molar-refractivity contribution < 1.29 is 17.5 Å². The van der Waals surface area contributed by atoms with Gasteiger partial charge in [-0.05, 0) is 5.21 Å². The summed E-state index contributed by atoms with van der Waals surface area (Å²) < 4.78 is 33.1. The number of nitrogens with zero attached hydrogens (tertiary/aromatic N) is 5. The van der Waals surface area contributed by atoms with E-state index in [1.54, 1.807) is 36.1 Å². The number of aryl methyl sites for hydroxylation is 2. The topological polar surface area (TPSA) is 105 Å². The van der Waals surface area contributed by atoms with E-state index in [2.05, 4.69) is 15.4 Å². The van der Waals surface area contributed by atoms with Crippen LogP contribution in [-0.4, -0.2) is 38.9 Å². The Morgan fingerprint density at radius 3 is 2.56 bits per heavy atom. The van der Waals surface area contributed by atoms with E-state index in [1.165, 1.54) is 4.80 Å². The first-order chi connectivity index (χ1) is 8.44. The summed E-state index contributed by atoms with van der Waals surface area (Å²) in [4.78, 5) is 1.35. The predicted molar refractivity (Wildman–Crippen MR) is 59.0 cm³/mol. The van der Waals surface area contributed by atoms with Crippen molar-refractivity contribution in [2.45, 2.75) is 6.54 Å². The second-order valence-corrected chi connectivity index (χ2v) is 5.21. The van der Waals surface area contributed by atoms with E-state index in [9.17, 15) is 13.0 Å². The van der Waals surface area contributed by atoms with Crippen molar-refractivity contribution in [2.75, 3.05) is 5.75 Å². The lowest BCUT2D eigenvalue weighted by molar-refractivity contribution is -0.692. The molecule has 0 N–H and O–H groups in total. The summed E-state index contributed by atoms with van der Waals surface area (Å²) in [7, 11) is -2.52. The molecule has 0 bridgehead atoms. The van der Waals surface area contributed by atoms with Crippen LogP contribution in [0.1, 0.15) is 0 Å². The molecule has 0 saturated heterocycles. The lowest BCUT2D eigenvalue weighted by atomic mass is 10.2. The Balaban J connectivity index is 2.10. The summed E-state index contributed by atoms with van der Waals surface area (Å²) in [5.74, 6) is 0.0570. The Labute approximate surface area is 104 Å². The quantitative estimate of drug-likeness (QED) is 0.505. The van der Waals surface area contributed by atoms with Gasteiger partial charge in [-0.25, -0.2) is 13.0 Å². The second-order valence-electron chi connectivity index (χ2n) is 3.69. The van der Waals surface area contributed by atoms with Gasteiger partial charge in [-0.2, -0.15) is 4.80 Å². The van der Waals surface area contributed by atoms with Gasteiger partial charge in [0, 0.05) is 17.7 Å². The highest BCUT2D eigenvalue weighted by Gasteiger charge is 2.08. The van der Waals surface area contributed by atoms with Crippen molar-refractivity contribution in [1.82, 2.24) is 20.2 Å². The van der Waals surface area contributed by atoms with E-state index in [-0.39, 0.29) is 6.54 Å². The molecule has 0 fully saturated rings. The van der Waals surface area contributed by atoms with Crippen LogP contribution < -0.4 is 4.57 Å². The summed E-state index contributed by atoms with van der Waals surface area (Å²) >= 11 is 0. The molecular formula is C9H11N5O3S. The molecule has 0 spiro atoms. The van der Waals surface area contributed by atoms with E-state index in [4.69, 9.17) is 0 Å². The lowest BCUT2D eigenvalue weighted by Gasteiger charge is -2.03. The molecule has 0 aliphatic rings. The number of hydrogen-bond donors (Lipinski definition) is 0. The van der Waals surface area contributed by atoms with Gasteiger partial charge in [0.25, 0.3) is 0 Å². The smallest absolute Gasteiger partial charge is 0.205 e. The molecule has 2 rings (SSSR count). The first-order valence-corrected chi connectivity index (χ1v) is 6.69. The van der Waals surface area contributed by atoms with Gasteiger partial charge in [-0.3, -0.25) is 0 Å². The number of aromatic nitrogens is 5. The summed E-state index contributed by atoms with van der Waals surface area (Å²) in [6, 6.07) is 3.46. The average Bonchev–Trinajstić information content (AvgIpc) is 2.73. The van der Waals surface area contributed by atoms with E-state index < -0.39 is 15.9 Å². The van der Waals surface area contributed by atoms with Crippen LogP contribution in [-0.2, 0) is 23.7 Å². The number of pyridine rings is 1.